The quantitative estimate of drug-likeness (QED) is 0.820. The Bertz CT molecular complexity index is 611. The molecule has 0 aromatic heterocycles. The fourth-order valence-electron chi connectivity index (χ4n) is 2.68. The molecule has 1 aliphatic rings. The summed E-state index contributed by atoms with van der Waals surface area (Å²) in [4.78, 5) is 0.0256. The van der Waals surface area contributed by atoms with E-state index >= 15 is 0 Å². The number of nitrogen functional groups attached to an aromatic ring is 1. The van der Waals surface area contributed by atoms with Crippen LogP contribution in [0.4, 0.5) is 10.1 Å². The van der Waals surface area contributed by atoms with E-state index in [0.717, 1.165) is 12.5 Å². The molecule has 0 amide bonds. The second-order valence-electron chi connectivity index (χ2n) is 5.57. The molecule has 7 heteroatoms. The van der Waals surface area contributed by atoms with Crippen LogP contribution in [0.3, 0.4) is 0 Å². The summed E-state index contributed by atoms with van der Waals surface area (Å²) in [5, 5.41) is 0. The van der Waals surface area contributed by atoms with Gasteiger partial charge in [-0.2, -0.15) is 4.31 Å². The standard InChI is InChI=1S/C13H18BrFN2O2S/c1-8-3-9(2)7-17(6-8)20(18,19)13-5-12(16)11(15)4-10(13)14/h4-5,8-9H,3,6-7,16H2,1-2H3. The Labute approximate surface area is 127 Å². The summed E-state index contributed by atoms with van der Waals surface area (Å²) in [5.74, 6) is -0.00797. The van der Waals surface area contributed by atoms with Gasteiger partial charge >= 0.3 is 0 Å². The van der Waals surface area contributed by atoms with Crippen molar-refractivity contribution in [2.24, 2.45) is 11.8 Å². The first-order chi connectivity index (χ1) is 9.21. The summed E-state index contributed by atoms with van der Waals surface area (Å²) in [6.07, 6.45) is 1.01. The van der Waals surface area contributed by atoms with E-state index in [9.17, 15) is 12.8 Å². The van der Waals surface area contributed by atoms with Crippen LogP contribution in [0.5, 0.6) is 0 Å². The lowest BCUT2D eigenvalue weighted by Gasteiger charge is -2.34. The molecule has 1 saturated heterocycles. The van der Waals surface area contributed by atoms with Gasteiger partial charge in [-0.3, -0.25) is 0 Å². The zero-order chi connectivity index (χ0) is 15.1. The van der Waals surface area contributed by atoms with Gasteiger partial charge in [-0.15, -0.1) is 0 Å². The molecular weight excluding hydrogens is 347 g/mol. The number of benzene rings is 1. The van der Waals surface area contributed by atoms with E-state index in [2.05, 4.69) is 15.9 Å². The summed E-state index contributed by atoms with van der Waals surface area (Å²) in [7, 11) is -3.66. The molecule has 0 spiro atoms. The Balaban J connectivity index is 2.42. The van der Waals surface area contributed by atoms with E-state index in [4.69, 9.17) is 5.73 Å². The smallest absolute Gasteiger partial charge is 0.244 e. The monoisotopic (exact) mass is 364 g/mol. The Morgan fingerprint density at radius 2 is 1.85 bits per heavy atom. The molecule has 1 heterocycles. The maximum absolute atomic E-state index is 13.4. The second-order valence-corrected chi connectivity index (χ2v) is 8.33. The van der Waals surface area contributed by atoms with Crippen LogP contribution in [0.15, 0.2) is 21.5 Å². The normalized spacial score (nSPS) is 24.8. The van der Waals surface area contributed by atoms with Crippen molar-refractivity contribution < 1.29 is 12.8 Å². The molecule has 0 radical (unpaired) electrons. The summed E-state index contributed by atoms with van der Waals surface area (Å²) in [6.45, 7) is 5.03. The van der Waals surface area contributed by atoms with E-state index in [1.54, 1.807) is 0 Å². The molecule has 2 unspecified atom stereocenters. The maximum Gasteiger partial charge on any atom is 0.244 e. The van der Waals surface area contributed by atoms with Crippen molar-refractivity contribution in [1.82, 2.24) is 4.31 Å². The summed E-state index contributed by atoms with van der Waals surface area (Å²) >= 11 is 3.11. The number of sulfonamides is 1. The lowest BCUT2D eigenvalue weighted by atomic mass is 9.94. The lowest BCUT2D eigenvalue weighted by molar-refractivity contribution is 0.222. The Morgan fingerprint density at radius 1 is 1.30 bits per heavy atom. The van der Waals surface area contributed by atoms with Crippen molar-refractivity contribution in [3.8, 4) is 0 Å². The SMILES string of the molecule is CC1CC(C)CN(S(=O)(=O)c2cc(N)c(F)cc2Br)C1. The highest BCUT2D eigenvalue weighted by Gasteiger charge is 2.33. The minimum atomic E-state index is -3.66. The zero-order valence-electron chi connectivity index (χ0n) is 11.4. The Hall–Kier alpha value is -0.660. The first-order valence-electron chi connectivity index (χ1n) is 6.46. The van der Waals surface area contributed by atoms with Crippen LogP contribution >= 0.6 is 15.9 Å². The topological polar surface area (TPSA) is 63.4 Å². The van der Waals surface area contributed by atoms with Crippen LogP contribution in [0.2, 0.25) is 0 Å². The van der Waals surface area contributed by atoms with Gasteiger partial charge in [-0.1, -0.05) is 13.8 Å². The highest BCUT2D eigenvalue weighted by molar-refractivity contribution is 9.10. The van der Waals surface area contributed by atoms with Crippen molar-refractivity contribution in [3.63, 3.8) is 0 Å². The van der Waals surface area contributed by atoms with Gasteiger partial charge in [-0.25, -0.2) is 12.8 Å². The van der Waals surface area contributed by atoms with Gasteiger partial charge in [-0.05, 0) is 46.3 Å². The van der Waals surface area contributed by atoms with E-state index in [1.165, 1.54) is 10.4 Å². The number of hydrogen-bond donors (Lipinski definition) is 1. The van der Waals surface area contributed by atoms with Crippen LogP contribution < -0.4 is 5.73 Å². The molecule has 112 valence electrons. The molecule has 0 aliphatic carbocycles. The predicted molar refractivity (Wildman–Crippen MR) is 80.2 cm³/mol. The molecule has 1 aromatic rings. The lowest BCUT2D eigenvalue weighted by Crippen LogP contribution is -2.42. The van der Waals surface area contributed by atoms with E-state index < -0.39 is 15.8 Å². The first-order valence-corrected chi connectivity index (χ1v) is 8.69. The molecule has 2 N–H and O–H groups in total. The van der Waals surface area contributed by atoms with Gasteiger partial charge < -0.3 is 5.73 Å². The van der Waals surface area contributed by atoms with E-state index in [-0.39, 0.29) is 15.1 Å². The zero-order valence-corrected chi connectivity index (χ0v) is 13.8. The molecule has 0 saturated carbocycles. The van der Waals surface area contributed by atoms with Crippen LogP contribution in [-0.4, -0.2) is 25.8 Å². The number of halogens is 2. The third-order valence-electron chi connectivity index (χ3n) is 3.50. The number of anilines is 1. The number of rotatable bonds is 2. The van der Waals surface area contributed by atoms with Gasteiger partial charge in [0.25, 0.3) is 0 Å². The van der Waals surface area contributed by atoms with Gasteiger partial charge in [0, 0.05) is 17.6 Å². The molecular formula is C13H18BrFN2O2S. The number of nitrogens with zero attached hydrogens (tertiary/aromatic N) is 1. The van der Waals surface area contributed by atoms with Gasteiger partial charge in [0.1, 0.15) is 5.82 Å². The Kier molecular flexibility index (Phi) is 4.41. The van der Waals surface area contributed by atoms with Crippen LogP contribution in [0.25, 0.3) is 0 Å². The molecule has 2 rings (SSSR count). The van der Waals surface area contributed by atoms with Gasteiger partial charge in [0.05, 0.1) is 10.6 Å². The maximum atomic E-state index is 13.4. The third kappa shape index (κ3) is 2.99. The van der Waals surface area contributed by atoms with Crippen LogP contribution in [0, 0.1) is 17.7 Å². The van der Waals surface area contributed by atoms with Crippen molar-refractivity contribution in [2.75, 3.05) is 18.8 Å². The number of nitrogens with two attached hydrogens (primary N) is 1. The van der Waals surface area contributed by atoms with Crippen molar-refractivity contribution in [3.05, 3.63) is 22.4 Å². The predicted octanol–water partition coefficient (Wildman–Crippen LogP) is 2.84. The molecule has 2 atom stereocenters. The molecule has 20 heavy (non-hydrogen) atoms. The van der Waals surface area contributed by atoms with Crippen molar-refractivity contribution in [2.45, 2.75) is 25.2 Å². The van der Waals surface area contributed by atoms with E-state index in [1.807, 2.05) is 13.8 Å². The minimum Gasteiger partial charge on any atom is -0.396 e. The van der Waals surface area contributed by atoms with Crippen molar-refractivity contribution in [1.29, 1.82) is 0 Å². The minimum absolute atomic E-state index is 0.0256. The highest BCUT2D eigenvalue weighted by Crippen LogP contribution is 2.32. The second kappa shape index (κ2) is 5.61. The molecule has 1 aliphatic heterocycles. The average Bonchev–Trinajstić information content (AvgIpc) is 2.32. The highest BCUT2D eigenvalue weighted by atomic mass is 79.9. The molecule has 1 fully saturated rings. The number of hydrogen-bond acceptors (Lipinski definition) is 3. The van der Waals surface area contributed by atoms with Gasteiger partial charge in [0.2, 0.25) is 10.0 Å². The fourth-order valence-corrected chi connectivity index (χ4v) is 5.37. The third-order valence-corrected chi connectivity index (χ3v) is 6.29. The fraction of sp³-hybridized carbons (Fsp3) is 0.538. The van der Waals surface area contributed by atoms with E-state index in [0.29, 0.717) is 24.9 Å². The van der Waals surface area contributed by atoms with Crippen LogP contribution in [-0.2, 0) is 10.0 Å². The van der Waals surface area contributed by atoms with Crippen LogP contribution in [0.1, 0.15) is 20.3 Å². The molecule has 4 nitrogen and oxygen atoms in total. The summed E-state index contributed by atoms with van der Waals surface area (Å²) < 4.78 is 40.4. The average molecular weight is 365 g/mol. The largest absolute Gasteiger partial charge is 0.396 e. The molecule has 1 aromatic carbocycles. The molecule has 0 bridgehead atoms. The summed E-state index contributed by atoms with van der Waals surface area (Å²) in [5.41, 5.74) is 5.33. The first kappa shape index (κ1) is 15.7. The Morgan fingerprint density at radius 3 is 2.40 bits per heavy atom. The summed E-state index contributed by atoms with van der Waals surface area (Å²) in [6, 6.07) is 2.28. The van der Waals surface area contributed by atoms with Gasteiger partial charge in [0.15, 0.2) is 0 Å². The number of piperidine rings is 1. The van der Waals surface area contributed by atoms with Crippen molar-refractivity contribution >= 4 is 31.6 Å².